The number of sulfonamides is 1. The number of hydrogen-bond donors (Lipinski definition) is 0. The first kappa shape index (κ1) is 19.2. The zero-order chi connectivity index (χ0) is 17.7. The topological polar surface area (TPSA) is 60.9 Å². The van der Waals surface area contributed by atoms with Gasteiger partial charge in [-0.05, 0) is 24.2 Å². The summed E-state index contributed by atoms with van der Waals surface area (Å²) in [7, 11) is -3.48. The van der Waals surface area contributed by atoms with Crippen LogP contribution in [-0.4, -0.2) is 74.0 Å². The second-order valence-corrected chi connectivity index (χ2v) is 8.39. The Balaban J connectivity index is 2.01. The Morgan fingerprint density at radius 1 is 1.17 bits per heavy atom. The summed E-state index contributed by atoms with van der Waals surface area (Å²) in [4.78, 5) is 16.5. The zero-order valence-electron chi connectivity index (χ0n) is 14.1. The molecule has 0 aromatic heterocycles. The zero-order valence-corrected chi connectivity index (χ0v) is 15.7. The van der Waals surface area contributed by atoms with Gasteiger partial charge in [0.25, 0.3) is 0 Å². The van der Waals surface area contributed by atoms with Gasteiger partial charge in [-0.2, -0.15) is 4.31 Å². The van der Waals surface area contributed by atoms with Crippen LogP contribution in [0.1, 0.15) is 12.5 Å². The monoisotopic (exact) mass is 373 g/mol. The van der Waals surface area contributed by atoms with Gasteiger partial charge in [0.1, 0.15) is 0 Å². The van der Waals surface area contributed by atoms with Crippen molar-refractivity contribution in [3.05, 3.63) is 34.9 Å². The molecule has 134 valence electrons. The van der Waals surface area contributed by atoms with Crippen LogP contribution in [0.25, 0.3) is 0 Å². The van der Waals surface area contributed by atoms with Crippen LogP contribution in [0.3, 0.4) is 0 Å². The number of rotatable bonds is 6. The molecular formula is C16H24ClN3O3S. The minimum absolute atomic E-state index is 0.131. The van der Waals surface area contributed by atoms with Crippen molar-refractivity contribution in [3.8, 4) is 0 Å². The number of halogens is 1. The molecule has 0 bridgehead atoms. The van der Waals surface area contributed by atoms with Crippen LogP contribution >= 0.6 is 11.6 Å². The van der Waals surface area contributed by atoms with E-state index in [9.17, 15) is 13.2 Å². The van der Waals surface area contributed by atoms with E-state index in [1.165, 1.54) is 4.31 Å². The van der Waals surface area contributed by atoms with Gasteiger partial charge < -0.3 is 9.80 Å². The van der Waals surface area contributed by atoms with E-state index in [0.29, 0.717) is 18.1 Å². The van der Waals surface area contributed by atoms with Crippen LogP contribution < -0.4 is 0 Å². The lowest BCUT2D eigenvalue weighted by Crippen LogP contribution is -2.51. The molecular weight excluding hydrogens is 350 g/mol. The summed E-state index contributed by atoms with van der Waals surface area (Å²) in [6.07, 6.45) is 1.13. The van der Waals surface area contributed by atoms with Gasteiger partial charge in [-0.25, -0.2) is 8.42 Å². The van der Waals surface area contributed by atoms with E-state index in [0.717, 1.165) is 31.5 Å². The molecule has 24 heavy (non-hydrogen) atoms. The third-order valence-electron chi connectivity index (χ3n) is 4.23. The Hall–Kier alpha value is -1.15. The van der Waals surface area contributed by atoms with Crippen molar-refractivity contribution >= 4 is 27.5 Å². The van der Waals surface area contributed by atoms with E-state index in [2.05, 4.69) is 11.8 Å². The van der Waals surface area contributed by atoms with Crippen molar-refractivity contribution in [3.63, 3.8) is 0 Å². The normalized spacial score (nSPS) is 16.6. The summed E-state index contributed by atoms with van der Waals surface area (Å²) in [5.41, 5.74) is 0.799. The maximum atomic E-state index is 12.5. The van der Waals surface area contributed by atoms with Crippen molar-refractivity contribution in [1.29, 1.82) is 0 Å². The quantitative estimate of drug-likeness (QED) is 0.753. The Kier molecular flexibility index (Phi) is 6.62. The number of piperazine rings is 1. The van der Waals surface area contributed by atoms with Gasteiger partial charge in [0.05, 0.1) is 12.8 Å². The standard InChI is InChI=1S/C16H24ClN3O3S/c1-3-18-8-10-19(11-9-18)16(21)13-20(24(2,22)23)12-14-4-6-15(17)7-5-14/h4-7H,3,8-13H2,1-2H3. The van der Waals surface area contributed by atoms with Gasteiger partial charge >= 0.3 is 0 Å². The Morgan fingerprint density at radius 2 is 1.75 bits per heavy atom. The highest BCUT2D eigenvalue weighted by molar-refractivity contribution is 7.88. The first-order chi connectivity index (χ1) is 11.3. The van der Waals surface area contributed by atoms with Crippen molar-refractivity contribution in [2.24, 2.45) is 0 Å². The Bertz CT molecular complexity index is 656. The van der Waals surface area contributed by atoms with E-state index in [1.54, 1.807) is 29.2 Å². The second kappa shape index (κ2) is 8.29. The largest absolute Gasteiger partial charge is 0.339 e. The number of carbonyl (C=O) groups excluding carboxylic acids is 1. The lowest BCUT2D eigenvalue weighted by atomic mass is 10.2. The van der Waals surface area contributed by atoms with E-state index < -0.39 is 10.0 Å². The summed E-state index contributed by atoms with van der Waals surface area (Å²) in [6.45, 7) is 6.04. The summed E-state index contributed by atoms with van der Waals surface area (Å²) < 4.78 is 25.3. The van der Waals surface area contributed by atoms with Gasteiger partial charge in [-0.15, -0.1) is 0 Å². The molecule has 1 aromatic rings. The van der Waals surface area contributed by atoms with Crippen LogP contribution in [0, 0.1) is 0 Å². The molecule has 0 spiro atoms. The minimum Gasteiger partial charge on any atom is -0.339 e. The molecule has 1 amide bonds. The lowest BCUT2D eigenvalue weighted by Gasteiger charge is -2.35. The molecule has 6 nitrogen and oxygen atoms in total. The second-order valence-electron chi connectivity index (χ2n) is 5.97. The van der Waals surface area contributed by atoms with Crippen molar-refractivity contribution < 1.29 is 13.2 Å². The highest BCUT2D eigenvalue weighted by Crippen LogP contribution is 2.14. The van der Waals surface area contributed by atoms with Gasteiger partial charge in [0.15, 0.2) is 0 Å². The molecule has 1 aliphatic heterocycles. The third kappa shape index (κ3) is 5.44. The molecule has 1 saturated heterocycles. The smallest absolute Gasteiger partial charge is 0.237 e. The van der Waals surface area contributed by atoms with Crippen LogP contribution in [0.15, 0.2) is 24.3 Å². The van der Waals surface area contributed by atoms with Crippen molar-refractivity contribution in [1.82, 2.24) is 14.1 Å². The SMILES string of the molecule is CCN1CCN(C(=O)CN(Cc2ccc(Cl)cc2)S(C)(=O)=O)CC1. The van der Waals surface area contributed by atoms with Gasteiger partial charge in [0, 0.05) is 37.7 Å². The molecule has 1 aromatic carbocycles. The molecule has 0 radical (unpaired) electrons. The van der Waals surface area contributed by atoms with Crippen molar-refractivity contribution in [2.45, 2.75) is 13.5 Å². The highest BCUT2D eigenvalue weighted by Gasteiger charge is 2.26. The molecule has 1 fully saturated rings. The van der Waals surface area contributed by atoms with Crippen LogP contribution in [0.2, 0.25) is 5.02 Å². The predicted molar refractivity (Wildman–Crippen MR) is 95.4 cm³/mol. The molecule has 0 unspecified atom stereocenters. The fraction of sp³-hybridized carbons (Fsp3) is 0.562. The average Bonchev–Trinajstić information content (AvgIpc) is 2.55. The fourth-order valence-corrected chi connectivity index (χ4v) is 3.50. The first-order valence-electron chi connectivity index (χ1n) is 7.99. The molecule has 8 heteroatoms. The van der Waals surface area contributed by atoms with Crippen LogP contribution in [0.4, 0.5) is 0 Å². The maximum absolute atomic E-state index is 12.5. The number of nitrogens with zero attached hydrogens (tertiary/aromatic N) is 3. The van der Waals surface area contributed by atoms with Gasteiger partial charge in [-0.3, -0.25) is 4.79 Å². The number of benzene rings is 1. The molecule has 2 rings (SSSR count). The molecule has 0 saturated carbocycles. The summed E-state index contributed by atoms with van der Waals surface area (Å²) in [5.74, 6) is -0.148. The van der Waals surface area contributed by atoms with Gasteiger partial charge in [0.2, 0.25) is 15.9 Å². The minimum atomic E-state index is -3.48. The molecule has 0 aliphatic carbocycles. The van der Waals surface area contributed by atoms with E-state index in [-0.39, 0.29) is 19.0 Å². The van der Waals surface area contributed by atoms with E-state index in [4.69, 9.17) is 11.6 Å². The van der Waals surface area contributed by atoms with Crippen LogP contribution in [-0.2, 0) is 21.4 Å². The van der Waals surface area contributed by atoms with Gasteiger partial charge in [-0.1, -0.05) is 30.7 Å². The number of carbonyl (C=O) groups is 1. The molecule has 0 atom stereocenters. The number of hydrogen-bond acceptors (Lipinski definition) is 4. The first-order valence-corrected chi connectivity index (χ1v) is 10.2. The molecule has 0 N–H and O–H groups in total. The predicted octanol–water partition coefficient (Wildman–Crippen LogP) is 1.27. The summed E-state index contributed by atoms with van der Waals surface area (Å²) >= 11 is 5.85. The molecule has 1 aliphatic rings. The Labute approximate surface area is 149 Å². The number of likely N-dealkylation sites (N-methyl/N-ethyl adjacent to an activating group) is 1. The van der Waals surface area contributed by atoms with Crippen LogP contribution in [0.5, 0.6) is 0 Å². The molecule has 1 heterocycles. The third-order valence-corrected chi connectivity index (χ3v) is 5.67. The summed E-state index contributed by atoms with van der Waals surface area (Å²) in [5, 5.41) is 0.592. The maximum Gasteiger partial charge on any atom is 0.237 e. The lowest BCUT2D eigenvalue weighted by molar-refractivity contribution is -0.133. The summed E-state index contributed by atoms with van der Waals surface area (Å²) in [6, 6.07) is 6.96. The van der Waals surface area contributed by atoms with E-state index in [1.807, 2.05) is 0 Å². The Morgan fingerprint density at radius 3 is 2.25 bits per heavy atom. The van der Waals surface area contributed by atoms with E-state index >= 15 is 0 Å². The van der Waals surface area contributed by atoms with Crippen molar-refractivity contribution in [2.75, 3.05) is 45.5 Å². The average molecular weight is 374 g/mol. The number of amides is 1. The highest BCUT2D eigenvalue weighted by atomic mass is 35.5. The fourth-order valence-electron chi connectivity index (χ4n) is 2.65.